The van der Waals surface area contributed by atoms with Gasteiger partial charge in [0.2, 0.25) is 0 Å². The molecular weight excluding hydrogens is 306 g/mol. The molecule has 0 aliphatic heterocycles. The second kappa shape index (κ2) is 11.9. The normalized spacial score (nSPS) is 20.1. The van der Waals surface area contributed by atoms with Crippen LogP contribution in [0.15, 0.2) is 36.9 Å². The lowest BCUT2D eigenvalue weighted by atomic mass is 9.77. The first-order valence-electron chi connectivity index (χ1n) is 10.0. The molecule has 1 aromatic rings. The largest absolute Gasteiger partial charge is 0.381 e. The minimum atomic E-state index is 0.697. The summed E-state index contributed by atoms with van der Waals surface area (Å²) >= 11 is 0. The number of unbranched alkanes of at least 4 members (excludes halogenated alkanes) is 3. The average molecular weight is 340 g/mol. The van der Waals surface area contributed by atoms with Crippen molar-refractivity contribution in [2.24, 2.45) is 5.92 Å². The van der Waals surface area contributed by atoms with Crippen LogP contribution in [0.25, 0.3) is 0 Å². The highest BCUT2D eigenvalue weighted by molar-refractivity contribution is 5.33. The summed E-state index contributed by atoms with van der Waals surface area (Å²) in [4.78, 5) is 0. The molecule has 1 saturated carbocycles. The van der Waals surface area contributed by atoms with E-state index in [0.29, 0.717) is 5.92 Å². The van der Waals surface area contributed by atoms with E-state index in [4.69, 9.17) is 10.00 Å². The SMILES string of the molecule is C=CCCCCOCCCCC1CCC(c2ccc(C#N)cc2)CC1. The summed E-state index contributed by atoms with van der Waals surface area (Å²) in [6.07, 6.45) is 14.6. The first-order valence-corrected chi connectivity index (χ1v) is 10.0. The summed E-state index contributed by atoms with van der Waals surface area (Å²) in [6, 6.07) is 10.4. The lowest BCUT2D eigenvalue weighted by molar-refractivity contribution is 0.124. The molecule has 2 nitrogen and oxygen atoms in total. The van der Waals surface area contributed by atoms with Gasteiger partial charge < -0.3 is 4.74 Å². The van der Waals surface area contributed by atoms with Crippen molar-refractivity contribution in [1.82, 2.24) is 0 Å². The van der Waals surface area contributed by atoms with E-state index in [1.807, 2.05) is 18.2 Å². The van der Waals surface area contributed by atoms with Gasteiger partial charge in [-0.15, -0.1) is 6.58 Å². The quantitative estimate of drug-likeness (QED) is 0.346. The van der Waals surface area contributed by atoms with Crippen molar-refractivity contribution in [1.29, 1.82) is 5.26 Å². The van der Waals surface area contributed by atoms with E-state index in [-0.39, 0.29) is 0 Å². The lowest BCUT2D eigenvalue weighted by Crippen LogP contribution is -2.13. The van der Waals surface area contributed by atoms with Gasteiger partial charge in [0.1, 0.15) is 0 Å². The number of ether oxygens (including phenoxy) is 1. The van der Waals surface area contributed by atoms with Crippen molar-refractivity contribution >= 4 is 0 Å². The number of nitrogens with zero attached hydrogens (tertiary/aromatic N) is 1. The fourth-order valence-corrected chi connectivity index (χ4v) is 3.85. The molecule has 0 bridgehead atoms. The molecule has 1 fully saturated rings. The predicted molar refractivity (Wildman–Crippen MR) is 105 cm³/mol. The number of hydrogen-bond donors (Lipinski definition) is 0. The third-order valence-corrected chi connectivity index (χ3v) is 5.46. The maximum atomic E-state index is 8.90. The van der Waals surface area contributed by atoms with Gasteiger partial charge in [-0.05, 0) is 80.9 Å². The van der Waals surface area contributed by atoms with E-state index in [2.05, 4.69) is 24.8 Å². The first kappa shape index (κ1) is 19.7. The number of nitriles is 1. The number of rotatable bonds is 11. The lowest BCUT2D eigenvalue weighted by Gasteiger charge is -2.29. The Morgan fingerprint density at radius 2 is 1.68 bits per heavy atom. The van der Waals surface area contributed by atoms with Gasteiger partial charge in [-0.2, -0.15) is 5.26 Å². The van der Waals surface area contributed by atoms with Gasteiger partial charge in [0.15, 0.2) is 0 Å². The van der Waals surface area contributed by atoms with Crippen LogP contribution in [0.2, 0.25) is 0 Å². The van der Waals surface area contributed by atoms with Crippen molar-refractivity contribution in [2.75, 3.05) is 13.2 Å². The molecule has 2 heteroatoms. The van der Waals surface area contributed by atoms with E-state index in [1.54, 1.807) is 0 Å². The van der Waals surface area contributed by atoms with Gasteiger partial charge in [0, 0.05) is 13.2 Å². The number of benzene rings is 1. The third-order valence-electron chi connectivity index (χ3n) is 5.46. The van der Waals surface area contributed by atoms with Crippen LogP contribution < -0.4 is 0 Å². The smallest absolute Gasteiger partial charge is 0.0991 e. The highest BCUT2D eigenvalue weighted by Gasteiger charge is 2.21. The summed E-state index contributed by atoms with van der Waals surface area (Å²) < 4.78 is 5.71. The topological polar surface area (TPSA) is 33.0 Å². The van der Waals surface area contributed by atoms with Gasteiger partial charge in [-0.25, -0.2) is 0 Å². The number of allylic oxidation sites excluding steroid dienone is 1. The fraction of sp³-hybridized carbons (Fsp3) is 0.609. The Morgan fingerprint density at radius 3 is 2.32 bits per heavy atom. The first-order chi connectivity index (χ1) is 12.3. The molecule has 1 aliphatic rings. The van der Waals surface area contributed by atoms with Crippen LogP contribution in [0.3, 0.4) is 0 Å². The van der Waals surface area contributed by atoms with E-state index in [9.17, 15) is 0 Å². The molecule has 0 heterocycles. The van der Waals surface area contributed by atoms with Gasteiger partial charge in [-0.1, -0.05) is 31.1 Å². The second-order valence-corrected chi connectivity index (χ2v) is 7.34. The van der Waals surface area contributed by atoms with Crippen molar-refractivity contribution in [2.45, 2.75) is 70.1 Å². The van der Waals surface area contributed by atoms with Gasteiger partial charge in [0.05, 0.1) is 11.6 Å². The molecule has 1 aromatic carbocycles. The Hall–Kier alpha value is -1.59. The zero-order valence-electron chi connectivity index (χ0n) is 15.6. The predicted octanol–water partition coefficient (Wildman–Crippen LogP) is 6.38. The highest BCUT2D eigenvalue weighted by Crippen LogP contribution is 2.37. The monoisotopic (exact) mass is 339 g/mol. The maximum absolute atomic E-state index is 8.90. The summed E-state index contributed by atoms with van der Waals surface area (Å²) in [7, 11) is 0. The van der Waals surface area contributed by atoms with Gasteiger partial charge in [-0.3, -0.25) is 0 Å². The molecule has 0 aromatic heterocycles. The standard InChI is InChI=1S/C23H33NO/c1-2-3-4-6-17-25-18-7-5-8-20-9-13-22(14-10-20)23-15-11-21(19-24)12-16-23/h2,11-12,15-16,20,22H,1,3-10,13-14,17-18H2. The summed E-state index contributed by atoms with van der Waals surface area (Å²) in [5.74, 6) is 1.60. The molecule has 0 N–H and O–H groups in total. The number of hydrogen-bond acceptors (Lipinski definition) is 2. The van der Waals surface area contributed by atoms with E-state index in [0.717, 1.165) is 37.5 Å². The van der Waals surface area contributed by atoms with E-state index >= 15 is 0 Å². The average Bonchev–Trinajstić information content (AvgIpc) is 2.67. The molecule has 0 radical (unpaired) electrons. The maximum Gasteiger partial charge on any atom is 0.0991 e. The minimum absolute atomic E-state index is 0.697. The van der Waals surface area contributed by atoms with Crippen LogP contribution in [-0.2, 0) is 4.74 Å². The van der Waals surface area contributed by atoms with Crippen LogP contribution in [0, 0.1) is 17.2 Å². The summed E-state index contributed by atoms with van der Waals surface area (Å²) in [6.45, 7) is 5.57. The molecule has 0 amide bonds. The molecule has 136 valence electrons. The van der Waals surface area contributed by atoms with Gasteiger partial charge >= 0.3 is 0 Å². The molecule has 0 saturated heterocycles. The summed E-state index contributed by atoms with van der Waals surface area (Å²) in [5.41, 5.74) is 2.18. The van der Waals surface area contributed by atoms with Crippen LogP contribution in [0.5, 0.6) is 0 Å². The van der Waals surface area contributed by atoms with Gasteiger partial charge in [0.25, 0.3) is 0 Å². The third kappa shape index (κ3) is 7.45. The molecule has 1 aliphatic carbocycles. The molecule has 0 spiro atoms. The molecule has 0 atom stereocenters. The Balaban J connectivity index is 1.52. The molecule has 2 rings (SSSR count). The van der Waals surface area contributed by atoms with Crippen LogP contribution >= 0.6 is 0 Å². The molecule has 25 heavy (non-hydrogen) atoms. The zero-order valence-corrected chi connectivity index (χ0v) is 15.6. The van der Waals surface area contributed by atoms with Crippen LogP contribution in [-0.4, -0.2) is 13.2 Å². The Bertz CT molecular complexity index is 520. The van der Waals surface area contributed by atoms with Crippen molar-refractivity contribution in [3.8, 4) is 6.07 Å². The summed E-state index contributed by atoms with van der Waals surface area (Å²) in [5, 5.41) is 8.90. The fourth-order valence-electron chi connectivity index (χ4n) is 3.85. The van der Waals surface area contributed by atoms with Crippen molar-refractivity contribution in [3.63, 3.8) is 0 Å². The van der Waals surface area contributed by atoms with Crippen LogP contribution in [0.4, 0.5) is 0 Å². The van der Waals surface area contributed by atoms with Crippen LogP contribution in [0.1, 0.15) is 81.3 Å². The molecular formula is C23H33NO. The van der Waals surface area contributed by atoms with Crippen molar-refractivity contribution < 1.29 is 4.74 Å². The van der Waals surface area contributed by atoms with E-state index in [1.165, 1.54) is 56.9 Å². The molecule has 0 unspecified atom stereocenters. The zero-order chi connectivity index (χ0) is 17.7. The van der Waals surface area contributed by atoms with E-state index < -0.39 is 0 Å². The second-order valence-electron chi connectivity index (χ2n) is 7.34. The minimum Gasteiger partial charge on any atom is -0.381 e. The Labute approximate surface area is 153 Å². The van der Waals surface area contributed by atoms with Crippen molar-refractivity contribution in [3.05, 3.63) is 48.0 Å². The Kier molecular flexibility index (Phi) is 9.37. The Morgan fingerprint density at radius 1 is 1.00 bits per heavy atom. The highest BCUT2D eigenvalue weighted by atomic mass is 16.5.